The fraction of sp³-hybridized carbons (Fsp3) is 0.500. The fourth-order valence-electron chi connectivity index (χ4n) is 2.40. The lowest BCUT2D eigenvalue weighted by molar-refractivity contribution is -0.143. The summed E-state index contributed by atoms with van der Waals surface area (Å²) in [6.07, 6.45) is 2.81. The standard InChI is InChI=1S/C14H18BrNO2/c15-13-5-3-11(4-6-13)7-9-16-8-1-2-12(10-16)14(17)18/h3-6,12H,1-2,7-10H2,(H,17,18). The number of halogens is 1. The molecule has 1 heterocycles. The molecule has 0 aromatic heterocycles. The van der Waals surface area contributed by atoms with Crippen LogP contribution >= 0.6 is 15.9 Å². The summed E-state index contributed by atoms with van der Waals surface area (Å²) in [6, 6.07) is 8.32. The average Bonchev–Trinajstić information content (AvgIpc) is 2.38. The highest BCUT2D eigenvalue weighted by molar-refractivity contribution is 9.10. The number of benzene rings is 1. The molecule has 0 aliphatic carbocycles. The smallest absolute Gasteiger partial charge is 0.307 e. The van der Waals surface area contributed by atoms with Crippen LogP contribution in [0.25, 0.3) is 0 Å². The number of likely N-dealkylation sites (tertiary alicyclic amines) is 1. The highest BCUT2D eigenvalue weighted by Gasteiger charge is 2.24. The van der Waals surface area contributed by atoms with E-state index in [9.17, 15) is 4.79 Å². The van der Waals surface area contributed by atoms with Crippen LogP contribution in [0.15, 0.2) is 28.7 Å². The van der Waals surface area contributed by atoms with Crippen LogP contribution in [0.2, 0.25) is 0 Å². The zero-order valence-corrected chi connectivity index (χ0v) is 11.9. The molecule has 0 amide bonds. The van der Waals surface area contributed by atoms with E-state index in [0.29, 0.717) is 6.54 Å². The molecule has 98 valence electrons. The monoisotopic (exact) mass is 311 g/mol. The topological polar surface area (TPSA) is 40.5 Å². The molecule has 0 bridgehead atoms. The molecule has 4 heteroatoms. The molecule has 0 radical (unpaired) electrons. The summed E-state index contributed by atoms with van der Waals surface area (Å²) in [5.41, 5.74) is 1.30. The second-order valence-corrected chi connectivity index (χ2v) is 5.77. The minimum Gasteiger partial charge on any atom is -0.481 e. The largest absolute Gasteiger partial charge is 0.481 e. The minimum absolute atomic E-state index is 0.177. The van der Waals surface area contributed by atoms with Gasteiger partial charge in [0, 0.05) is 17.6 Å². The summed E-state index contributed by atoms with van der Waals surface area (Å²) in [6.45, 7) is 2.68. The third kappa shape index (κ3) is 3.82. The van der Waals surface area contributed by atoms with Gasteiger partial charge in [-0.25, -0.2) is 0 Å². The van der Waals surface area contributed by atoms with Crippen molar-refractivity contribution in [3.63, 3.8) is 0 Å². The van der Waals surface area contributed by atoms with Crippen LogP contribution in [-0.4, -0.2) is 35.6 Å². The van der Waals surface area contributed by atoms with Gasteiger partial charge in [-0.2, -0.15) is 0 Å². The molecule has 1 aromatic rings. The van der Waals surface area contributed by atoms with Gasteiger partial charge in [-0.3, -0.25) is 4.79 Å². The van der Waals surface area contributed by atoms with E-state index in [0.717, 1.165) is 36.8 Å². The first-order chi connectivity index (χ1) is 8.65. The summed E-state index contributed by atoms with van der Waals surface area (Å²) in [5, 5.41) is 9.04. The molecule has 1 aliphatic heterocycles. The number of hydrogen-bond donors (Lipinski definition) is 1. The van der Waals surface area contributed by atoms with Crippen molar-refractivity contribution in [2.24, 2.45) is 5.92 Å². The molecule has 1 aromatic carbocycles. The van der Waals surface area contributed by atoms with E-state index in [-0.39, 0.29) is 5.92 Å². The van der Waals surface area contributed by atoms with E-state index in [1.807, 2.05) is 12.1 Å². The first-order valence-electron chi connectivity index (χ1n) is 6.35. The van der Waals surface area contributed by atoms with Gasteiger partial charge in [0.1, 0.15) is 0 Å². The molecule has 18 heavy (non-hydrogen) atoms. The Balaban J connectivity index is 1.82. The number of aliphatic carboxylic acids is 1. The Morgan fingerprint density at radius 1 is 1.39 bits per heavy atom. The molecule has 2 rings (SSSR count). The molecule has 1 atom stereocenters. The van der Waals surface area contributed by atoms with E-state index in [1.54, 1.807) is 0 Å². The van der Waals surface area contributed by atoms with Crippen molar-refractivity contribution in [2.45, 2.75) is 19.3 Å². The number of carboxylic acid groups (broad SMARTS) is 1. The third-order valence-corrected chi connectivity index (χ3v) is 4.01. The van der Waals surface area contributed by atoms with Gasteiger partial charge >= 0.3 is 5.97 Å². The predicted octanol–water partition coefficient (Wildman–Crippen LogP) is 2.79. The number of carboxylic acids is 1. The zero-order valence-electron chi connectivity index (χ0n) is 10.3. The molecular weight excluding hydrogens is 294 g/mol. The first-order valence-corrected chi connectivity index (χ1v) is 7.14. The van der Waals surface area contributed by atoms with Gasteiger partial charge in [0.15, 0.2) is 0 Å². The number of nitrogens with zero attached hydrogens (tertiary/aromatic N) is 1. The Kier molecular flexibility index (Phi) is 4.78. The molecule has 1 saturated heterocycles. The van der Waals surface area contributed by atoms with Gasteiger partial charge in [-0.15, -0.1) is 0 Å². The molecule has 0 saturated carbocycles. The average molecular weight is 312 g/mol. The van der Waals surface area contributed by atoms with Crippen molar-refractivity contribution in [3.05, 3.63) is 34.3 Å². The lowest BCUT2D eigenvalue weighted by Crippen LogP contribution is -2.39. The maximum absolute atomic E-state index is 11.0. The van der Waals surface area contributed by atoms with E-state index < -0.39 is 5.97 Å². The highest BCUT2D eigenvalue weighted by atomic mass is 79.9. The number of carbonyl (C=O) groups is 1. The van der Waals surface area contributed by atoms with Gasteiger partial charge in [0.2, 0.25) is 0 Å². The summed E-state index contributed by atoms with van der Waals surface area (Å²) in [7, 11) is 0. The van der Waals surface area contributed by atoms with Gasteiger partial charge in [-0.1, -0.05) is 28.1 Å². The molecular formula is C14H18BrNO2. The summed E-state index contributed by atoms with van der Waals surface area (Å²) in [4.78, 5) is 13.2. The van der Waals surface area contributed by atoms with Crippen molar-refractivity contribution in [2.75, 3.05) is 19.6 Å². The highest BCUT2D eigenvalue weighted by Crippen LogP contribution is 2.17. The normalized spacial score (nSPS) is 20.8. The lowest BCUT2D eigenvalue weighted by atomic mass is 9.98. The minimum atomic E-state index is -0.650. The van der Waals surface area contributed by atoms with Crippen LogP contribution in [0.5, 0.6) is 0 Å². The van der Waals surface area contributed by atoms with Gasteiger partial charge in [-0.05, 0) is 43.5 Å². The van der Waals surface area contributed by atoms with E-state index in [2.05, 4.69) is 33.0 Å². The van der Waals surface area contributed by atoms with Crippen LogP contribution < -0.4 is 0 Å². The predicted molar refractivity (Wildman–Crippen MR) is 74.6 cm³/mol. The maximum atomic E-state index is 11.0. The Labute approximate surface area is 116 Å². The second-order valence-electron chi connectivity index (χ2n) is 4.85. The molecule has 1 aliphatic rings. The molecule has 1 N–H and O–H groups in total. The number of piperidine rings is 1. The Bertz CT molecular complexity index is 405. The van der Waals surface area contributed by atoms with Crippen LogP contribution in [0, 0.1) is 5.92 Å². The zero-order chi connectivity index (χ0) is 13.0. The summed E-state index contributed by atoms with van der Waals surface area (Å²) in [5.74, 6) is -0.827. The van der Waals surface area contributed by atoms with E-state index in [4.69, 9.17) is 5.11 Å². The van der Waals surface area contributed by atoms with Crippen LogP contribution in [0.1, 0.15) is 18.4 Å². The van der Waals surface area contributed by atoms with Gasteiger partial charge in [0.25, 0.3) is 0 Å². The number of hydrogen-bond acceptors (Lipinski definition) is 2. The van der Waals surface area contributed by atoms with E-state index >= 15 is 0 Å². The second kappa shape index (κ2) is 6.34. The molecule has 0 spiro atoms. The first kappa shape index (κ1) is 13.6. The van der Waals surface area contributed by atoms with Gasteiger partial charge in [0.05, 0.1) is 5.92 Å². The quantitative estimate of drug-likeness (QED) is 0.929. The Morgan fingerprint density at radius 2 is 2.11 bits per heavy atom. The molecule has 3 nitrogen and oxygen atoms in total. The molecule has 1 unspecified atom stereocenters. The van der Waals surface area contributed by atoms with Crippen LogP contribution in [0.3, 0.4) is 0 Å². The maximum Gasteiger partial charge on any atom is 0.307 e. The van der Waals surface area contributed by atoms with E-state index in [1.165, 1.54) is 5.56 Å². The van der Waals surface area contributed by atoms with Crippen molar-refractivity contribution in [1.29, 1.82) is 0 Å². The van der Waals surface area contributed by atoms with Gasteiger partial charge < -0.3 is 10.0 Å². The Morgan fingerprint density at radius 3 is 2.78 bits per heavy atom. The fourth-order valence-corrected chi connectivity index (χ4v) is 2.66. The summed E-state index contributed by atoms with van der Waals surface area (Å²) < 4.78 is 1.09. The third-order valence-electron chi connectivity index (χ3n) is 3.48. The summed E-state index contributed by atoms with van der Waals surface area (Å²) >= 11 is 3.42. The van der Waals surface area contributed by atoms with Crippen molar-refractivity contribution >= 4 is 21.9 Å². The van der Waals surface area contributed by atoms with Crippen LogP contribution in [-0.2, 0) is 11.2 Å². The Hall–Kier alpha value is -0.870. The molecule has 1 fully saturated rings. The number of rotatable bonds is 4. The van der Waals surface area contributed by atoms with Crippen LogP contribution in [0.4, 0.5) is 0 Å². The van der Waals surface area contributed by atoms with Crippen molar-refractivity contribution in [3.8, 4) is 0 Å². The SMILES string of the molecule is O=C(O)C1CCCN(CCc2ccc(Br)cc2)C1. The lowest BCUT2D eigenvalue weighted by Gasteiger charge is -2.30. The van der Waals surface area contributed by atoms with Crippen molar-refractivity contribution in [1.82, 2.24) is 4.90 Å². The van der Waals surface area contributed by atoms with Crippen molar-refractivity contribution < 1.29 is 9.90 Å².